The quantitative estimate of drug-likeness (QED) is 0.399. The van der Waals surface area contributed by atoms with Crippen LogP contribution in [0.1, 0.15) is 50.7 Å². The molecular weight excluding hydrogens is 499 g/mol. The number of nitrogens with zero attached hydrogens (tertiary/aromatic N) is 4. The van der Waals surface area contributed by atoms with Gasteiger partial charge < -0.3 is 10.3 Å². The van der Waals surface area contributed by atoms with Crippen LogP contribution in [0.3, 0.4) is 0 Å². The summed E-state index contributed by atoms with van der Waals surface area (Å²) in [5, 5.41) is 3.88. The second kappa shape index (κ2) is 8.57. The van der Waals surface area contributed by atoms with Gasteiger partial charge >= 0.3 is 5.69 Å². The highest BCUT2D eigenvalue weighted by Crippen LogP contribution is 2.35. The molecule has 1 amide bonds. The number of carbonyl (C=O) groups excluding carboxylic acids is 1. The van der Waals surface area contributed by atoms with Crippen LogP contribution >= 0.6 is 23.2 Å². The van der Waals surface area contributed by atoms with Gasteiger partial charge in [-0.15, -0.1) is 0 Å². The van der Waals surface area contributed by atoms with Crippen LogP contribution in [0.2, 0.25) is 10.0 Å². The number of carbonyl (C=O) groups is 1. The van der Waals surface area contributed by atoms with Crippen LogP contribution < -0.4 is 11.0 Å². The lowest BCUT2D eigenvalue weighted by atomic mass is 9.88. The lowest BCUT2D eigenvalue weighted by Crippen LogP contribution is -2.42. The van der Waals surface area contributed by atoms with Crippen molar-refractivity contribution in [1.29, 1.82) is 0 Å². The Kier molecular flexibility index (Phi) is 5.76. The highest BCUT2D eigenvalue weighted by molar-refractivity contribution is 6.47. The summed E-state index contributed by atoms with van der Waals surface area (Å²) >= 11 is 12.1. The number of halogens is 2. The lowest BCUT2D eigenvalue weighted by Gasteiger charge is -2.28. The second-order valence-corrected chi connectivity index (χ2v) is 10.8. The summed E-state index contributed by atoms with van der Waals surface area (Å²) in [6.07, 6.45) is 2.99. The van der Waals surface area contributed by atoms with Crippen molar-refractivity contribution in [3.05, 3.63) is 92.3 Å². The van der Waals surface area contributed by atoms with E-state index in [4.69, 9.17) is 28.2 Å². The molecule has 0 saturated heterocycles. The molecule has 0 fully saturated rings. The summed E-state index contributed by atoms with van der Waals surface area (Å²) in [5.74, 6) is -0.392. The van der Waals surface area contributed by atoms with Gasteiger partial charge in [0.1, 0.15) is 5.71 Å². The van der Waals surface area contributed by atoms with Crippen LogP contribution in [0.5, 0.6) is 0 Å². The largest absolute Gasteiger partial charge is 0.326 e. The first-order valence-electron chi connectivity index (χ1n) is 11.4. The van der Waals surface area contributed by atoms with Gasteiger partial charge in [0.05, 0.1) is 32.5 Å². The average Bonchev–Trinajstić information content (AvgIpc) is 3.35. The van der Waals surface area contributed by atoms with Crippen LogP contribution in [0.4, 0.5) is 0 Å². The van der Waals surface area contributed by atoms with Crippen molar-refractivity contribution < 1.29 is 4.79 Å². The van der Waals surface area contributed by atoms with Crippen molar-refractivity contribution >= 4 is 45.9 Å². The van der Waals surface area contributed by atoms with Crippen molar-refractivity contribution in [2.45, 2.75) is 39.4 Å². The number of aromatic nitrogens is 4. The third-order valence-corrected chi connectivity index (χ3v) is 7.06. The fourth-order valence-electron chi connectivity index (χ4n) is 4.26. The van der Waals surface area contributed by atoms with Crippen molar-refractivity contribution in [1.82, 2.24) is 24.8 Å². The molecule has 184 valence electrons. The van der Waals surface area contributed by atoms with Crippen LogP contribution in [0.25, 0.3) is 11.0 Å². The number of aromatic amines is 1. The van der Waals surface area contributed by atoms with E-state index >= 15 is 0 Å². The molecule has 0 bridgehead atoms. The SMILES string of the molecule is C[C@@H](n1c(=O)[nH]c2ccc(C3=NC(c4ccc(Cl)cn4)(c4ccc(Cl)cn4)NC3=O)cc21)C(C)(C)C. The van der Waals surface area contributed by atoms with Gasteiger partial charge in [0, 0.05) is 24.0 Å². The first-order chi connectivity index (χ1) is 17.0. The average molecular weight is 523 g/mol. The molecule has 4 heterocycles. The van der Waals surface area contributed by atoms with Crippen LogP contribution in [0.15, 0.2) is 64.6 Å². The van der Waals surface area contributed by atoms with Crippen LogP contribution in [0, 0.1) is 5.41 Å². The Hall–Kier alpha value is -3.49. The fourth-order valence-corrected chi connectivity index (χ4v) is 4.48. The molecule has 1 aliphatic rings. The van der Waals surface area contributed by atoms with Gasteiger partial charge in [0.15, 0.2) is 0 Å². The molecule has 0 unspecified atom stereocenters. The third-order valence-electron chi connectivity index (χ3n) is 6.62. The predicted molar refractivity (Wildman–Crippen MR) is 141 cm³/mol. The zero-order chi connectivity index (χ0) is 25.8. The Morgan fingerprint density at radius 2 is 1.56 bits per heavy atom. The molecule has 5 rings (SSSR count). The van der Waals surface area contributed by atoms with Gasteiger partial charge in [-0.25, -0.2) is 9.79 Å². The summed E-state index contributed by atoms with van der Waals surface area (Å²) < 4.78 is 1.72. The molecule has 10 heteroatoms. The van der Waals surface area contributed by atoms with E-state index in [0.29, 0.717) is 38.0 Å². The van der Waals surface area contributed by atoms with E-state index in [1.807, 2.05) is 13.0 Å². The molecule has 0 spiro atoms. The number of pyridine rings is 2. The van der Waals surface area contributed by atoms with E-state index in [-0.39, 0.29) is 22.9 Å². The van der Waals surface area contributed by atoms with Crippen molar-refractivity contribution in [2.24, 2.45) is 10.4 Å². The number of benzene rings is 1. The van der Waals surface area contributed by atoms with Gasteiger partial charge in [-0.05, 0) is 48.7 Å². The monoisotopic (exact) mass is 522 g/mol. The molecule has 1 atom stereocenters. The molecule has 0 radical (unpaired) electrons. The first-order valence-corrected chi connectivity index (χ1v) is 12.2. The Balaban J connectivity index is 1.70. The molecule has 0 saturated carbocycles. The topological polar surface area (TPSA) is 105 Å². The number of fused-ring (bicyclic) bond motifs is 1. The Morgan fingerprint density at radius 3 is 2.08 bits per heavy atom. The molecule has 8 nitrogen and oxygen atoms in total. The zero-order valence-corrected chi connectivity index (χ0v) is 21.6. The standard InChI is InChI=1S/C26H24Cl2N6O2/c1-14(25(2,3)4)34-19-11-15(5-8-18(19)31-24(34)36)22-23(35)33-26(32-22,20-9-6-16(27)12-29-20)21-10-7-17(28)13-30-21/h5-14H,1-4H3,(H,31,36)(H,33,35)/t14-/m1/s1. The Bertz CT molecular complexity index is 1520. The number of hydrogen-bond donors (Lipinski definition) is 2. The molecule has 4 aromatic rings. The number of H-pyrrole nitrogens is 1. The normalized spacial score (nSPS) is 16.2. The summed E-state index contributed by atoms with van der Waals surface area (Å²) in [5.41, 5.74) is 1.32. The maximum absolute atomic E-state index is 13.4. The minimum absolute atomic E-state index is 0.0935. The summed E-state index contributed by atoms with van der Waals surface area (Å²) in [6, 6.07) is 12.0. The van der Waals surface area contributed by atoms with E-state index in [9.17, 15) is 9.59 Å². The van der Waals surface area contributed by atoms with Crippen molar-refractivity contribution in [2.75, 3.05) is 0 Å². The van der Waals surface area contributed by atoms with E-state index in [1.54, 1.807) is 41.0 Å². The Morgan fingerprint density at radius 1 is 0.944 bits per heavy atom. The number of hydrogen-bond acceptors (Lipinski definition) is 5. The summed E-state index contributed by atoms with van der Waals surface area (Å²) in [7, 11) is 0. The van der Waals surface area contributed by atoms with Crippen LogP contribution in [-0.2, 0) is 10.5 Å². The van der Waals surface area contributed by atoms with Gasteiger partial charge in [-0.1, -0.05) is 50.0 Å². The maximum atomic E-state index is 13.4. The van der Waals surface area contributed by atoms with Crippen molar-refractivity contribution in [3.8, 4) is 0 Å². The molecule has 0 aliphatic carbocycles. The molecule has 2 N–H and O–H groups in total. The van der Waals surface area contributed by atoms with Crippen LogP contribution in [-0.4, -0.2) is 31.1 Å². The Labute approximate surface area is 217 Å². The predicted octanol–water partition coefficient (Wildman–Crippen LogP) is 4.85. The number of rotatable bonds is 4. The summed E-state index contributed by atoms with van der Waals surface area (Å²) in [6.45, 7) is 8.24. The lowest BCUT2D eigenvalue weighted by molar-refractivity contribution is -0.115. The second-order valence-electron chi connectivity index (χ2n) is 9.92. The zero-order valence-electron chi connectivity index (χ0n) is 20.1. The number of amides is 1. The van der Waals surface area contributed by atoms with E-state index in [2.05, 4.69) is 41.0 Å². The molecule has 3 aromatic heterocycles. The number of nitrogens with one attached hydrogen (secondary N) is 2. The molecule has 1 aromatic carbocycles. The van der Waals surface area contributed by atoms with Crippen molar-refractivity contribution in [3.63, 3.8) is 0 Å². The minimum Gasteiger partial charge on any atom is -0.316 e. The molecule has 36 heavy (non-hydrogen) atoms. The van der Waals surface area contributed by atoms with E-state index in [0.717, 1.165) is 0 Å². The van der Waals surface area contributed by atoms with Gasteiger partial charge in [-0.2, -0.15) is 0 Å². The maximum Gasteiger partial charge on any atom is 0.326 e. The van der Waals surface area contributed by atoms with E-state index < -0.39 is 11.6 Å². The highest BCUT2D eigenvalue weighted by Gasteiger charge is 2.45. The number of imidazole rings is 1. The molecule has 1 aliphatic heterocycles. The summed E-state index contributed by atoms with van der Waals surface area (Å²) in [4.78, 5) is 42.8. The van der Waals surface area contributed by atoms with E-state index in [1.165, 1.54) is 12.4 Å². The highest BCUT2D eigenvalue weighted by atomic mass is 35.5. The number of aliphatic imine (C=N–C) groups is 1. The minimum atomic E-state index is -1.37. The van der Waals surface area contributed by atoms with Gasteiger partial charge in [0.2, 0.25) is 5.66 Å². The molecular formula is C26H24Cl2N6O2. The fraction of sp³-hybridized carbons (Fsp3) is 0.269. The van der Waals surface area contributed by atoms with Gasteiger partial charge in [-0.3, -0.25) is 19.3 Å². The smallest absolute Gasteiger partial charge is 0.316 e. The third kappa shape index (κ3) is 4.00. The van der Waals surface area contributed by atoms with Gasteiger partial charge in [0.25, 0.3) is 5.91 Å². The first kappa shape index (κ1) is 24.2.